The molecule has 0 unspecified atom stereocenters. The van der Waals surface area contributed by atoms with Gasteiger partial charge in [-0.25, -0.2) is 8.78 Å². The molecule has 2 aromatic carbocycles. The van der Waals surface area contributed by atoms with E-state index in [0.717, 1.165) is 42.1 Å². The monoisotopic (exact) mass is 581 g/mol. The number of nitrogens with zero attached hydrogens (tertiary/aromatic N) is 3. The van der Waals surface area contributed by atoms with Crippen molar-refractivity contribution in [3.8, 4) is 0 Å². The van der Waals surface area contributed by atoms with Crippen molar-refractivity contribution < 1.29 is 23.5 Å². The Hall–Kier alpha value is -3.76. The van der Waals surface area contributed by atoms with Gasteiger partial charge in [-0.15, -0.1) is 0 Å². The number of aliphatic hydroxyl groups excluding tert-OH is 1. The first-order chi connectivity index (χ1) is 20.1. The molecule has 0 aliphatic carbocycles. The third kappa shape index (κ3) is 9.66. The van der Waals surface area contributed by atoms with E-state index in [4.69, 9.17) is 0 Å². The molecule has 0 saturated heterocycles. The third-order valence-corrected chi connectivity index (χ3v) is 6.83. The summed E-state index contributed by atoms with van der Waals surface area (Å²) in [5, 5.41) is 25.1. The van der Waals surface area contributed by atoms with Crippen molar-refractivity contribution in [3.05, 3.63) is 93.8 Å². The van der Waals surface area contributed by atoms with Gasteiger partial charge in [0.15, 0.2) is 0 Å². The molecule has 0 spiro atoms. The Morgan fingerprint density at radius 1 is 0.929 bits per heavy atom. The van der Waals surface area contributed by atoms with Crippen molar-refractivity contribution in [1.82, 2.24) is 25.7 Å². The topological polar surface area (TPSA) is 107 Å². The van der Waals surface area contributed by atoms with E-state index in [-0.39, 0.29) is 30.0 Å². The molecule has 226 valence electrons. The number of aromatic nitrogens is 2. The minimum atomic E-state index is -1.10. The number of carbonyl (C=O) groups is 2. The largest absolute Gasteiger partial charge is 0.390 e. The number of halogens is 2. The van der Waals surface area contributed by atoms with Crippen molar-refractivity contribution >= 4 is 11.8 Å². The molecule has 2 amide bonds. The summed E-state index contributed by atoms with van der Waals surface area (Å²) in [7, 11) is 0. The molecular weight excluding hydrogens is 540 g/mol. The number of aryl methyl sites for hydroxylation is 2. The first kappa shape index (κ1) is 32.8. The number of amides is 2. The summed E-state index contributed by atoms with van der Waals surface area (Å²) in [6, 6.07) is 9.13. The van der Waals surface area contributed by atoms with E-state index in [1.54, 1.807) is 36.2 Å². The van der Waals surface area contributed by atoms with Crippen molar-refractivity contribution in [2.75, 3.05) is 19.6 Å². The van der Waals surface area contributed by atoms with Crippen LogP contribution in [0, 0.1) is 18.6 Å². The number of aliphatic hydroxyl groups is 1. The smallest absolute Gasteiger partial charge is 0.253 e. The molecule has 3 aromatic rings. The van der Waals surface area contributed by atoms with Crippen LogP contribution in [0.2, 0.25) is 0 Å². The van der Waals surface area contributed by atoms with Crippen LogP contribution in [0.25, 0.3) is 0 Å². The van der Waals surface area contributed by atoms with E-state index >= 15 is 0 Å². The highest BCUT2D eigenvalue weighted by molar-refractivity contribution is 6.00. The van der Waals surface area contributed by atoms with Gasteiger partial charge in [-0.2, -0.15) is 10.2 Å². The summed E-state index contributed by atoms with van der Waals surface area (Å²) in [6.07, 6.45) is 2.89. The quantitative estimate of drug-likeness (QED) is 0.246. The molecule has 0 bridgehead atoms. The van der Waals surface area contributed by atoms with E-state index in [1.165, 1.54) is 12.1 Å². The standard InChI is InChI=1S/C32H41F2N5O3/c1-5-8-39(9-6-2)32(42)25-11-21(4)10-24(16-25)31(41)37-29(15-22-12-26(33)17-27(34)13-22)30(40)20-35-18-23-14-28(7-3)38-36-19-23/h10-14,16-17,19,29-30,35,40H,5-9,15,18,20H2,1-4H3,(H,37,41)/t29-,30+/m0/s1. The van der Waals surface area contributed by atoms with Crippen molar-refractivity contribution in [1.29, 1.82) is 0 Å². The van der Waals surface area contributed by atoms with Gasteiger partial charge in [0.25, 0.3) is 11.8 Å². The molecule has 42 heavy (non-hydrogen) atoms. The van der Waals surface area contributed by atoms with E-state index < -0.39 is 29.7 Å². The van der Waals surface area contributed by atoms with Crippen LogP contribution in [0.4, 0.5) is 8.78 Å². The van der Waals surface area contributed by atoms with Gasteiger partial charge in [-0.1, -0.05) is 20.8 Å². The number of hydrogen-bond acceptors (Lipinski definition) is 6. The van der Waals surface area contributed by atoms with Crippen molar-refractivity contribution in [2.24, 2.45) is 0 Å². The van der Waals surface area contributed by atoms with Crippen LogP contribution in [0.15, 0.2) is 48.7 Å². The number of rotatable bonds is 15. The van der Waals surface area contributed by atoms with Crippen molar-refractivity contribution in [2.45, 2.75) is 72.1 Å². The molecule has 8 nitrogen and oxygen atoms in total. The second-order valence-electron chi connectivity index (χ2n) is 10.5. The van der Waals surface area contributed by atoms with Gasteiger partial charge in [0, 0.05) is 43.4 Å². The SMILES string of the molecule is CCCN(CCC)C(=O)c1cc(C)cc(C(=O)N[C@@H](Cc2cc(F)cc(F)c2)[C@H](O)CNCc2cnnc(CC)c2)c1. The lowest BCUT2D eigenvalue weighted by atomic mass is 9.99. The van der Waals surface area contributed by atoms with Gasteiger partial charge in [0.05, 0.1) is 24.0 Å². The van der Waals surface area contributed by atoms with Gasteiger partial charge in [0.2, 0.25) is 0 Å². The fourth-order valence-electron chi connectivity index (χ4n) is 4.83. The predicted octanol–water partition coefficient (Wildman–Crippen LogP) is 4.38. The average Bonchev–Trinajstić information content (AvgIpc) is 2.95. The highest BCUT2D eigenvalue weighted by Gasteiger charge is 2.24. The zero-order chi connectivity index (χ0) is 30.6. The zero-order valence-electron chi connectivity index (χ0n) is 24.8. The minimum Gasteiger partial charge on any atom is -0.390 e. The van der Waals surface area contributed by atoms with E-state index in [2.05, 4.69) is 20.8 Å². The fraction of sp³-hybridized carbons (Fsp3) is 0.438. The summed E-state index contributed by atoms with van der Waals surface area (Å²) >= 11 is 0. The molecule has 1 aromatic heterocycles. The Balaban J connectivity index is 1.80. The lowest BCUT2D eigenvalue weighted by Crippen LogP contribution is -2.48. The molecule has 2 atom stereocenters. The summed E-state index contributed by atoms with van der Waals surface area (Å²) in [5.41, 5.74) is 3.43. The van der Waals surface area contributed by atoms with Crippen LogP contribution >= 0.6 is 0 Å². The Bertz CT molecular complexity index is 1330. The van der Waals surface area contributed by atoms with E-state index in [1.807, 2.05) is 26.8 Å². The van der Waals surface area contributed by atoms with E-state index in [0.29, 0.717) is 25.2 Å². The van der Waals surface area contributed by atoms with Crippen LogP contribution in [0.3, 0.4) is 0 Å². The predicted molar refractivity (Wildman–Crippen MR) is 158 cm³/mol. The summed E-state index contributed by atoms with van der Waals surface area (Å²) < 4.78 is 27.9. The van der Waals surface area contributed by atoms with Gasteiger partial charge < -0.3 is 20.6 Å². The molecule has 1 heterocycles. The molecule has 0 saturated carbocycles. The lowest BCUT2D eigenvalue weighted by Gasteiger charge is -2.25. The molecular formula is C32H41F2N5O3. The van der Waals surface area contributed by atoms with Gasteiger partial charge in [-0.3, -0.25) is 9.59 Å². The van der Waals surface area contributed by atoms with E-state index in [9.17, 15) is 23.5 Å². The molecule has 0 radical (unpaired) electrons. The molecule has 10 heteroatoms. The first-order valence-corrected chi connectivity index (χ1v) is 14.5. The third-order valence-electron chi connectivity index (χ3n) is 6.83. The maximum Gasteiger partial charge on any atom is 0.253 e. The minimum absolute atomic E-state index is 0.0154. The Kier molecular flexibility index (Phi) is 12.5. The van der Waals surface area contributed by atoms with Crippen LogP contribution in [0.5, 0.6) is 0 Å². The second-order valence-corrected chi connectivity index (χ2v) is 10.5. The second kappa shape index (κ2) is 16.0. The highest BCUT2D eigenvalue weighted by Crippen LogP contribution is 2.16. The number of carbonyl (C=O) groups excluding carboxylic acids is 2. The summed E-state index contributed by atoms with van der Waals surface area (Å²) in [6.45, 7) is 9.52. The zero-order valence-corrected chi connectivity index (χ0v) is 24.8. The van der Waals surface area contributed by atoms with Crippen molar-refractivity contribution in [3.63, 3.8) is 0 Å². The summed E-state index contributed by atoms with van der Waals surface area (Å²) in [5.74, 6) is -2.14. The summed E-state index contributed by atoms with van der Waals surface area (Å²) in [4.78, 5) is 28.5. The molecule has 3 rings (SSSR count). The van der Waals surface area contributed by atoms with Crippen LogP contribution < -0.4 is 10.6 Å². The average molecular weight is 582 g/mol. The molecule has 0 aliphatic heterocycles. The molecule has 3 N–H and O–H groups in total. The normalized spacial score (nSPS) is 12.5. The lowest BCUT2D eigenvalue weighted by molar-refractivity contribution is 0.0755. The Labute approximate surface area is 246 Å². The first-order valence-electron chi connectivity index (χ1n) is 14.5. The number of benzene rings is 2. The van der Waals surface area contributed by atoms with Crippen LogP contribution in [-0.4, -0.2) is 63.8 Å². The Morgan fingerprint density at radius 2 is 1.60 bits per heavy atom. The maximum atomic E-state index is 13.9. The van der Waals surface area contributed by atoms with Gasteiger partial charge in [0.1, 0.15) is 11.6 Å². The van der Waals surface area contributed by atoms with Gasteiger partial charge >= 0.3 is 0 Å². The molecule has 0 fully saturated rings. The fourth-order valence-corrected chi connectivity index (χ4v) is 4.83. The van der Waals surface area contributed by atoms with Crippen LogP contribution in [-0.2, 0) is 19.4 Å². The highest BCUT2D eigenvalue weighted by atomic mass is 19.1. The number of nitrogens with one attached hydrogen (secondary N) is 2. The van der Waals surface area contributed by atoms with Gasteiger partial charge in [-0.05, 0) is 85.7 Å². The number of hydrogen-bond donors (Lipinski definition) is 3. The molecule has 0 aliphatic rings. The Morgan fingerprint density at radius 3 is 2.24 bits per heavy atom. The maximum absolute atomic E-state index is 13.9. The van der Waals surface area contributed by atoms with Crippen LogP contribution in [0.1, 0.15) is 76.7 Å².